The van der Waals surface area contributed by atoms with Crippen LogP contribution in [0, 0.1) is 11.8 Å². The Morgan fingerprint density at radius 3 is 2.13 bits per heavy atom. The number of nitrogens with zero attached hydrogens (tertiary/aromatic N) is 2. The van der Waals surface area contributed by atoms with Crippen LogP contribution in [0.5, 0.6) is 0 Å². The highest BCUT2D eigenvalue weighted by molar-refractivity contribution is 7.90. The average Bonchev–Trinajstić information content (AvgIpc) is 2.68. The minimum atomic E-state index is -3.28. The monoisotopic (exact) mass is 436 g/mol. The third-order valence-corrected chi connectivity index (χ3v) is 7.99. The van der Waals surface area contributed by atoms with E-state index in [-0.39, 0.29) is 12.1 Å². The lowest BCUT2D eigenvalue weighted by molar-refractivity contribution is 0.193. The second-order valence-electron chi connectivity index (χ2n) is 9.30. The van der Waals surface area contributed by atoms with Crippen molar-refractivity contribution in [2.75, 3.05) is 36.4 Å². The lowest BCUT2D eigenvalue weighted by Gasteiger charge is -2.36. The van der Waals surface area contributed by atoms with E-state index in [1.807, 2.05) is 12.1 Å². The van der Waals surface area contributed by atoms with Crippen LogP contribution < -0.4 is 14.9 Å². The van der Waals surface area contributed by atoms with Crippen molar-refractivity contribution in [1.82, 2.24) is 9.62 Å². The van der Waals surface area contributed by atoms with E-state index >= 15 is 0 Å². The smallest absolute Gasteiger partial charge is 0.321 e. The van der Waals surface area contributed by atoms with Crippen LogP contribution in [-0.4, -0.2) is 56.8 Å². The van der Waals surface area contributed by atoms with Gasteiger partial charge in [-0.25, -0.2) is 17.9 Å². The SMILES string of the molecule is CC(C)S(=O)(=O)NC1CCN(C(=O)Nc2ccc(N3C[C@H](C)C[C@H](C)C3)cc2)CC1. The molecule has 168 valence electrons. The van der Waals surface area contributed by atoms with Crippen LogP contribution in [0.3, 0.4) is 0 Å². The molecule has 0 unspecified atom stereocenters. The van der Waals surface area contributed by atoms with Gasteiger partial charge < -0.3 is 15.1 Å². The molecule has 8 heteroatoms. The molecule has 3 rings (SSSR count). The number of piperidine rings is 2. The highest BCUT2D eigenvalue weighted by atomic mass is 32.2. The van der Waals surface area contributed by atoms with Gasteiger partial charge in [-0.2, -0.15) is 0 Å². The first-order chi connectivity index (χ1) is 14.1. The molecule has 0 radical (unpaired) electrons. The Labute approximate surface area is 181 Å². The molecule has 0 bridgehead atoms. The molecule has 0 saturated carbocycles. The molecule has 2 saturated heterocycles. The van der Waals surface area contributed by atoms with Crippen molar-refractivity contribution >= 4 is 27.4 Å². The minimum absolute atomic E-state index is 0.102. The van der Waals surface area contributed by atoms with Crippen LogP contribution in [0.15, 0.2) is 24.3 Å². The van der Waals surface area contributed by atoms with Crippen LogP contribution in [0.2, 0.25) is 0 Å². The molecule has 7 nitrogen and oxygen atoms in total. The number of rotatable bonds is 5. The van der Waals surface area contributed by atoms with Gasteiger partial charge in [0.25, 0.3) is 0 Å². The molecule has 1 aromatic rings. The first-order valence-electron chi connectivity index (χ1n) is 11.1. The van der Waals surface area contributed by atoms with Gasteiger partial charge in [0.1, 0.15) is 0 Å². The Morgan fingerprint density at radius 1 is 1.03 bits per heavy atom. The highest BCUT2D eigenvalue weighted by Crippen LogP contribution is 2.27. The number of likely N-dealkylation sites (tertiary alicyclic amines) is 1. The van der Waals surface area contributed by atoms with Crippen molar-refractivity contribution in [3.63, 3.8) is 0 Å². The number of anilines is 2. The lowest BCUT2D eigenvalue weighted by atomic mass is 9.91. The van der Waals surface area contributed by atoms with E-state index in [4.69, 9.17) is 0 Å². The molecule has 2 heterocycles. The number of sulfonamides is 1. The number of urea groups is 1. The maximum absolute atomic E-state index is 12.6. The summed E-state index contributed by atoms with van der Waals surface area (Å²) >= 11 is 0. The predicted molar refractivity (Wildman–Crippen MR) is 122 cm³/mol. The number of carbonyl (C=O) groups is 1. The van der Waals surface area contributed by atoms with E-state index in [1.54, 1.807) is 18.7 Å². The molecule has 2 aliphatic rings. The van der Waals surface area contributed by atoms with E-state index in [0.717, 1.165) is 18.8 Å². The van der Waals surface area contributed by atoms with Crippen LogP contribution in [0.25, 0.3) is 0 Å². The Morgan fingerprint density at radius 2 is 1.60 bits per heavy atom. The van der Waals surface area contributed by atoms with Gasteiger partial charge in [-0.05, 0) is 69.2 Å². The fourth-order valence-electron chi connectivity index (χ4n) is 4.40. The quantitative estimate of drug-likeness (QED) is 0.740. The third kappa shape index (κ3) is 5.88. The van der Waals surface area contributed by atoms with E-state index in [9.17, 15) is 13.2 Å². The zero-order valence-corrected chi connectivity index (χ0v) is 19.4. The van der Waals surface area contributed by atoms with Gasteiger partial charge in [0.15, 0.2) is 0 Å². The Bertz CT molecular complexity index is 807. The molecule has 2 amide bonds. The number of hydrogen-bond acceptors (Lipinski definition) is 4. The first-order valence-corrected chi connectivity index (χ1v) is 12.6. The molecule has 1 aromatic carbocycles. The molecule has 0 aliphatic carbocycles. The summed E-state index contributed by atoms with van der Waals surface area (Å²) in [5.41, 5.74) is 1.98. The maximum Gasteiger partial charge on any atom is 0.321 e. The summed E-state index contributed by atoms with van der Waals surface area (Å²) in [7, 11) is -3.28. The Kier molecular flexibility index (Phi) is 7.29. The normalized spacial score (nSPS) is 23.6. The second kappa shape index (κ2) is 9.56. The summed E-state index contributed by atoms with van der Waals surface area (Å²) in [6.07, 6.45) is 2.54. The van der Waals surface area contributed by atoms with Crippen molar-refractivity contribution in [2.45, 2.75) is 58.2 Å². The minimum Gasteiger partial charge on any atom is -0.371 e. The van der Waals surface area contributed by atoms with E-state index in [1.165, 1.54) is 12.1 Å². The summed E-state index contributed by atoms with van der Waals surface area (Å²) in [5.74, 6) is 1.39. The van der Waals surface area contributed by atoms with E-state index in [0.29, 0.717) is 37.8 Å². The molecule has 0 aromatic heterocycles. The molecule has 0 spiro atoms. The molecule has 30 heavy (non-hydrogen) atoms. The number of amides is 2. The van der Waals surface area contributed by atoms with Gasteiger partial charge in [0.05, 0.1) is 5.25 Å². The standard InChI is InChI=1S/C22H36N4O3S/c1-16(2)30(28,29)24-20-9-11-25(12-10-20)22(27)23-19-5-7-21(8-6-19)26-14-17(3)13-18(4)15-26/h5-8,16-18,20,24H,9-15H2,1-4H3,(H,23,27)/t17-,18+. The van der Waals surface area contributed by atoms with Crippen LogP contribution in [0.1, 0.15) is 47.0 Å². The molecular formula is C22H36N4O3S. The lowest BCUT2D eigenvalue weighted by Crippen LogP contribution is -2.48. The third-order valence-electron chi connectivity index (χ3n) is 6.09. The van der Waals surface area contributed by atoms with Crippen molar-refractivity contribution in [2.24, 2.45) is 11.8 Å². The number of hydrogen-bond donors (Lipinski definition) is 2. The number of nitrogens with one attached hydrogen (secondary N) is 2. The van der Waals surface area contributed by atoms with Gasteiger partial charge in [-0.3, -0.25) is 0 Å². The van der Waals surface area contributed by atoms with Crippen molar-refractivity contribution < 1.29 is 13.2 Å². The van der Waals surface area contributed by atoms with E-state index in [2.05, 4.69) is 40.9 Å². The van der Waals surface area contributed by atoms with Crippen molar-refractivity contribution in [3.8, 4) is 0 Å². The fourth-order valence-corrected chi connectivity index (χ4v) is 5.37. The van der Waals surface area contributed by atoms with Gasteiger partial charge in [-0.1, -0.05) is 13.8 Å². The fraction of sp³-hybridized carbons (Fsp3) is 0.682. The van der Waals surface area contributed by atoms with Crippen molar-refractivity contribution in [1.29, 1.82) is 0 Å². The largest absolute Gasteiger partial charge is 0.371 e. The van der Waals surface area contributed by atoms with Gasteiger partial charge in [-0.15, -0.1) is 0 Å². The summed E-state index contributed by atoms with van der Waals surface area (Å²) in [6, 6.07) is 7.84. The number of carbonyl (C=O) groups excluding carboxylic acids is 1. The zero-order chi connectivity index (χ0) is 21.9. The Hall–Kier alpha value is -1.80. The first kappa shape index (κ1) is 22.9. The molecule has 2 fully saturated rings. The molecule has 2 atom stereocenters. The number of benzene rings is 1. The molecule has 2 N–H and O–H groups in total. The highest BCUT2D eigenvalue weighted by Gasteiger charge is 2.27. The molecular weight excluding hydrogens is 400 g/mol. The summed E-state index contributed by atoms with van der Waals surface area (Å²) in [5, 5.41) is 2.52. The predicted octanol–water partition coefficient (Wildman–Crippen LogP) is 3.49. The zero-order valence-electron chi connectivity index (χ0n) is 18.6. The summed E-state index contributed by atoms with van der Waals surface area (Å²) in [6.45, 7) is 11.2. The van der Waals surface area contributed by atoms with Gasteiger partial charge >= 0.3 is 6.03 Å². The van der Waals surface area contributed by atoms with Gasteiger partial charge in [0, 0.05) is 43.6 Å². The maximum atomic E-state index is 12.6. The van der Waals surface area contributed by atoms with Crippen LogP contribution in [0.4, 0.5) is 16.2 Å². The Balaban J connectivity index is 1.50. The van der Waals surface area contributed by atoms with Crippen LogP contribution >= 0.6 is 0 Å². The average molecular weight is 437 g/mol. The topological polar surface area (TPSA) is 81.8 Å². The van der Waals surface area contributed by atoms with E-state index < -0.39 is 15.3 Å². The summed E-state index contributed by atoms with van der Waals surface area (Å²) in [4.78, 5) is 16.8. The van der Waals surface area contributed by atoms with Crippen molar-refractivity contribution in [3.05, 3.63) is 24.3 Å². The van der Waals surface area contributed by atoms with Gasteiger partial charge in [0.2, 0.25) is 10.0 Å². The second-order valence-corrected chi connectivity index (χ2v) is 11.6. The summed E-state index contributed by atoms with van der Waals surface area (Å²) < 4.78 is 26.8. The van der Waals surface area contributed by atoms with Crippen LogP contribution in [-0.2, 0) is 10.0 Å². The molecule has 2 aliphatic heterocycles.